The lowest BCUT2D eigenvalue weighted by molar-refractivity contribution is -0.229. The van der Waals surface area contributed by atoms with Crippen molar-refractivity contribution in [3.05, 3.63) is 0 Å². The fourth-order valence-corrected chi connectivity index (χ4v) is 1.99. The molecule has 0 amide bonds. The Morgan fingerprint density at radius 3 is 2.25 bits per heavy atom. The van der Waals surface area contributed by atoms with Crippen LogP contribution >= 0.6 is 0 Å². The Balaban J connectivity index is 2.48. The summed E-state index contributed by atoms with van der Waals surface area (Å²) in [6.07, 6.45) is -0.981. The highest BCUT2D eigenvalue weighted by Gasteiger charge is 2.39. The smallest absolute Gasteiger partial charge is 0.364 e. The molecule has 16 heavy (non-hydrogen) atoms. The highest BCUT2D eigenvalue weighted by Crippen LogP contribution is 2.27. The summed E-state index contributed by atoms with van der Waals surface area (Å²) in [7, 11) is 0. The molecule has 3 atom stereocenters. The number of nitrogens with two attached hydrogens (primary N) is 1. The minimum absolute atomic E-state index is 0.259. The van der Waals surface area contributed by atoms with E-state index < -0.39 is 18.4 Å². The Kier molecular flexibility index (Phi) is 5.05. The van der Waals surface area contributed by atoms with Gasteiger partial charge in [-0.2, -0.15) is 13.2 Å². The molecule has 1 aliphatic rings. The van der Waals surface area contributed by atoms with E-state index in [9.17, 15) is 13.2 Å². The van der Waals surface area contributed by atoms with Gasteiger partial charge in [0.15, 0.2) is 6.10 Å². The monoisotopic (exact) mass is 239 g/mol. The molecule has 0 spiro atoms. The van der Waals surface area contributed by atoms with Crippen LogP contribution in [-0.4, -0.2) is 24.4 Å². The van der Waals surface area contributed by atoms with Gasteiger partial charge in [-0.25, -0.2) is 0 Å². The second kappa shape index (κ2) is 5.87. The van der Waals surface area contributed by atoms with Gasteiger partial charge in [-0.3, -0.25) is 0 Å². The molecule has 0 aliphatic heterocycles. The molecule has 0 aromatic carbocycles. The molecule has 1 saturated carbocycles. The summed E-state index contributed by atoms with van der Waals surface area (Å²) in [4.78, 5) is 0. The second-order valence-corrected chi connectivity index (χ2v) is 4.51. The van der Waals surface area contributed by atoms with E-state index in [-0.39, 0.29) is 6.04 Å². The lowest BCUT2D eigenvalue weighted by atomic mass is 9.94. The molecule has 5 heteroatoms. The minimum Gasteiger partial charge on any atom is -0.364 e. The molecule has 2 nitrogen and oxygen atoms in total. The molecule has 0 radical (unpaired) electrons. The third kappa shape index (κ3) is 4.29. The molecule has 1 rings (SSSR count). The van der Waals surface area contributed by atoms with Gasteiger partial charge in [-0.1, -0.05) is 25.7 Å². The molecule has 2 N–H and O–H groups in total. The van der Waals surface area contributed by atoms with Gasteiger partial charge in [0.1, 0.15) is 0 Å². The van der Waals surface area contributed by atoms with Crippen molar-refractivity contribution < 1.29 is 17.9 Å². The summed E-state index contributed by atoms with van der Waals surface area (Å²) in [6, 6.07) is -0.259. The van der Waals surface area contributed by atoms with Crippen molar-refractivity contribution in [1.82, 2.24) is 0 Å². The van der Waals surface area contributed by atoms with E-state index >= 15 is 0 Å². The van der Waals surface area contributed by atoms with Gasteiger partial charge in [-0.05, 0) is 19.8 Å². The van der Waals surface area contributed by atoms with Crippen LogP contribution in [0.3, 0.4) is 0 Å². The maximum Gasteiger partial charge on any atom is 0.414 e. The molecule has 0 heterocycles. The van der Waals surface area contributed by atoms with Crippen LogP contribution in [0.5, 0.6) is 0 Å². The van der Waals surface area contributed by atoms with Gasteiger partial charge in [0.25, 0.3) is 0 Å². The van der Waals surface area contributed by atoms with Crippen LogP contribution in [0.1, 0.15) is 45.4 Å². The van der Waals surface area contributed by atoms with Crippen LogP contribution in [0.15, 0.2) is 0 Å². The molecule has 1 aliphatic carbocycles. The van der Waals surface area contributed by atoms with Crippen LogP contribution in [-0.2, 0) is 4.74 Å². The van der Waals surface area contributed by atoms with Crippen LogP contribution in [0.2, 0.25) is 0 Å². The number of hydrogen-bond acceptors (Lipinski definition) is 2. The Labute approximate surface area is 94.3 Å². The Hall–Kier alpha value is -0.290. The standard InChI is InChI=1S/C11H20F3NO/c1-8(11(12,13)14)16-10-7-5-3-2-4-6-9(10)15/h8-10H,2-7,15H2,1H3. The van der Waals surface area contributed by atoms with Crippen molar-refractivity contribution >= 4 is 0 Å². The van der Waals surface area contributed by atoms with Gasteiger partial charge in [0.2, 0.25) is 0 Å². The SMILES string of the molecule is CC(OC1CCCCCCC1N)C(F)(F)F. The van der Waals surface area contributed by atoms with Crippen molar-refractivity contribution in [3.8, 4) is 0 Å². The van der Waals surface area contributed by atoms with Gasteiger partial charge in [-0.15, -0.1) is 0 Å². The largest absolute Gasteiger partial charge is 0.414 e. The zero-order chi connectivity index (χ0) is 12.2. The third-order valence-corrected chi connectivity index (χ3v) is 3.09. The maximum atomic E-state index is 12.3. The first-order valence-corrected chi connectivity index (χ1v) is 5.89. The Bertz CT molecular complexity index is 208. The van der Waals surface area contributed by atoms with Crippen molar-refractivity contribution in [1.29, 1.82) is 0 Å². The maximum absolute atomic E-state index is 12.3. The zero-order valence-corrected chi connectivity index (χ0v) is 9.59. The second-order valence-electron chi connectivity index (χ2n) is 4.51. The molecule has 0 bridgehead atoms. The van der Waals surface area contributed by atoms with E-state index in [1.54, 1.807) is 0 Å². The summed E-state index contributed by atoms with van der Waals surface area (Å²) in [5.74, 6) is 0. The minimum atomic E-state index is -4.29. The van der Waals surface area contributed by atoms with Gasteiger partial charge in [0, 0.05) is 6.04 Å². The third-order valence-electron chi connectivity index (χ3n) is 3.09. The Morgan fingerprint density at radius 2 is 1.69 bits per heavy atom. The molecule has 96 valence electrons. The van der Waals surface area contributed by atoms with Crippen molar-refractivity contribution in [3.63, 3.8) is 0 Å². The highest BCUT2D eigenvalue weighted by molar-refractivity contribution is 4.78. The summed E-state index contributed by atoms with van der Waals surface area (Å²) in [5, 5.41) is 0. The lowest BCUT2D eigenvalue weighted by Crippen LogP contribution is -2.42. The van der Waals surface area contributed by atoms with Crippen LogP contribution < -0.4 is 5.73 Å². The number of hydrogen-bond donors (Lipinski definition) is 1. The van der Waals surface area contributed by atoms with Gasteiger partial charge < -0.3 is 10.5 Å². The average Bonchev–Trinajstić information content (AvgIpc) is 2.16. The first-order valence-electron chi connectivity index (χ1n) is 5.89. The molecule has 1 fully saturated rings. The number of alkyl halides is 3. The van der Waals surface area contributed by atoms with Crippen LogP contribution in [0.25, 0.3) is 0 Å². The van der Waals surface area contributed by atoms with Crippen LogP contribution in [0.4, 0.5) is 13.2 Å². The van der Waals surface area contributed by atoms with Crippen molar-refractivity contribution in [2.45, 2.75) is 69.9 Å². The molecule has 0 saturated heterocycles. The summed E-state index contributed by atoms with van der Waals surface area (Å²) in [6.45, 7) is 1.05. The predicted molar refractivity (Wildman–Crippen MR) is 56.1 cm³/mol. The fraction of sp³-hybridized carbons (Fsp3) is 1.00. The van der Waals surface area contributed by atoms with Gasteiger partial charge >= 0.3 is 6.18 Å². The number of rotatable bonds is 2. The molecular weight excluding hydrogens is 219 g/mol. The molecule has 0 aromatic heterocycles. The highest BCUT2D eigenvalue weighted by atomic mass is 19.4. The number of ether oxygens (including phenoxy) is 1. The van der Waals surface area contributed by atoms with E-state index in [2.05, 4.69) is 0 Å². The van der Waals surface area contributed by atoms with Crippen LogP contribution in [0, 0.1) is 0 Å². The van der Waals surface area contributed by atoms with Crippen molar-refractivity contribution in [2.75, 3.05) is 0 Å². The first-order chi connectivity index (χ1) is 7.41. The molecule has 3 unspecified atom stereocenters. The fourth-order valence-electron chi connectivity index (χ4n) is 1.99. The normalized spacial score (nSPS) is 30.6. The zero-order valence-electron chi connectivity index (χ0n) is 9.59. The first kappa shape index (κ1) is 13.8. The molecule has 0 aromatic rings. The van der Waals surface area contributed by atoms with E-state index in [1.807, 2.05) is 0 Å². The summed E-state index contributed by atoms with van der Waals surface area (Å²) >= 11 is 0. The van der Waals surface area contributed by atoms with E-state index in [1.165, 1.54) is 0 Å². The topological polar surface area (TPSA) is 35.2 Å². The lowest BCUT2D eigenvalue weighted by Gasteiger charge is -2.30. The quantitative estimate of drug-likeness (QED) is 0.804. The van der Waals surface area contributed by atoms with Crippen molar-refractivity contribution in [2.24, 2.45) is 5.73 Å². The summed E-state index contributed by atoms with van der Waals surface area (Å²) < 4.78 is 42.1. The van der Waals surface area contributed by atoms with Gasteiger partial charge in [0.05, 0.1) is 6.10 Å². The predicted octanol–water partition coefficient (Wildman–Crippen LogP) is 3.00. The summed E-state index contributed by atoms with van der Waals surface area (Å²) in [5.41, 5.74) is 5.85. The average molecular weight is 239 g/mol. The van der Waals surface area contributed by atoms with E-state index in [0.717, 1.165) is 39.0 Å². The van der Waals surface area contributed by atoms with E-state index in [0.29, 0.717) is 6.42 Å². The van der Waals surface area contributed by atoms with E-state index in [4.69, 9.17) is 10.5 Å². The number of halogens is 3. The molecular formula is C11H20F3NO. The Morgan fingerprint density at radius 1 is 1.12 bits per heavy atom.